The molecule has 6 aromatic carbocycles. The van der Waals surface area contributed by atoms with Crippen LogP contribution in [0.15, 0.2) is 132 Å². The van der Waals surface area contributed by atoms with Gasteiger partial charge in [0.25, 0.3) is 0 Å². The Morgan fingerprint density at radius 1 is 0.412 bits per heavy atom. The van der Waals surface area contributed by atoms with Gasteiger partial charge in [-0.1, -0.05) is 0 Å². The molecule has 8 rings (SSSR count). The molecule has 0 aromatic heterocycles. The molecule has 0 N–H and O–H groups in total. The first-order chi connectivity index (χ1) is 32.5. The van der Waals surface area contributed by atoms with Crippen molar-refractivity contribution in [2.45, 2.75) is 122 Å². The second-order valence-electron chi connectivity index (χ2n) is 19.8. The third-order valence-corrected chi connectivity index (χ3v) is 69.2. The fourth-order valence-corrected chi connectivity index (χ4v) is 67.3. The molecule has 0 bridgehead atoms. The maximum absolute atomic E-state index is 9.34. The molecule has 2 unspecified atom stereocenters. The third kappa shape index (κ3) is 12.1. The Morgan fingerprint density at radius 3 is 1.16 bits per heavy atom. The van der Waals surface area contributed by atoms with Gasteiger partial charge in [-0.25, -0.2) is 0 Å². The normalized spacial score (nSPS) is 16.8. The monoisotopic (exact) mass is 1190 g/mol. The van der Waals surface area contributed by atoms with E-state index < -0.39 is 33.5 Å². The molecule has 68 heavy (non-hydrogen) atoms. The van der Waals surface area contributed by atoms with Crippen molar-refractivity contribution in [2.24, 2.45) is 0 Å². The van der Waals surface area contributed by atoms with Crippen LogP contribution in [0.5, 0.6) is 0 Å². The number of halogens is 8. The molecule has 0 heterocycles. The Kier molecular flexibility index (Phi) is 18.2. The van der Waals surface area contributed by atoms with Crippen molar-refractivity contribution >= 4 is 135 Å². The molecule has 0 saturated heterocycles. The minimum atomic E-state index is -5.27. The number of allylic oxidation sites excluding steroid dienone is 2. The standard InChI is InChI=1S/2C20H15.C16H33Cl6Si3.2ClH.Zr/c2*1-14-12-16-8-5-11-19(20(16)13-14)18-10-4-7-15-6-2-3-9-17(15)18;17-24(18,19)15-11-7-3-1-5-9-13-23-14-10-6-2-4-8-12-16-25(20,21)22;;;/h2*2-13H,1H3;23H,1-16H2;2*1H;/q;;;;;+2/p-2. The molecule has 2 aliphatic rings. The topological polar surface area (TPSA) is 0 Å². The van der Waals surface area contributed by atoms with E-state index in [-0.39, 0.29) is 7.25 Å². The first-order valence-electron chi connectivity index (χ1n) is 24.8. The van der Waals surface area contributed by atoms with Gasteiger partial charge in [0.2, 0.25) is 0 Å². The van der Waals surface area contributed by atoms with E-state index in [2.05, 4.69) is 147 Å². The summed E-state index contributed by atoms with van der Waals surface area (Å²) in [4.78, 5) is 0. The number of hydrogen-bond acceptors (Lipinski definition) is 0. The quantitative estimate of drug-likeness (QED) is 0.0341. The van der Waals surface area contributed by atoms with E-state index in [0.29, 0.717) is 0 Å². The second kappa shape index (κ2) is 23.2. The van der Waals surface area contributed by atoms with Gasteiger partial charge in [0.05, 0.1) is 0 Å². The summed E-state index contributed by atoms with van der Waals surface area (Å²) >= 11 is 32.2. The van der Waals surface area contributed by atoms with Crippen molar-refractivity contribution in [3.8, 4) is 22.3 Å². The predicted octanol–water partition coefficient (Wildman–Crippen LogP) is 21.7. The SMILES string of the molecule is CC1=Cc2c(-c3cccc4ccccc34)cccc2[CH]1[Zr]([Cl])([Cl])([CH]1C(C)=Cc2c(-c3cccc4ccccc34)cccc21)[SiH](CCCCCCCC[Si](Cl)(Cl)Cl)CCCCCCCC[Si](Cl)(Cl)Cl. The number of unbranched alkanes of at least 4 members (excludes halogenated alkanes) is 10. The van der Waals surface area contributed by atoms with Crippen LogP contribution in [0, 0.1) is 0 Å². The number of rotatable bonds is 23. The van der Waals surface area contributed by atoms with Crippen LogP contribution in [0.1, 0.15) is 120 Å². The van der Waals surface area contributed by atoms with Crippen molar-refractivity contribution in [1.82, 2.24) is 0 Å². The summed E-state index contributed by atoms with van der Waals surface area (Å²) in [5.41, 5.74) is 13.0. The summed E-state index contributed by atoms with van der Waals surface area (Å²) in [5.74, 6) is -1.95. The van der Waals surface area contributed by atoms with Gasteiger partial charge in [0.1, 0.15) is 0 Å². The molecule has 12 heteroatoms. The molecule has 6 aromatic rings. The molecule has 0 saturated carbocycles. The maximum atomic E-state index is 9.34. The van der Waals surface area contributed by atoms with Crippen molar-refractivity contribution in [1.29, 1.82) is 0 Å². The van der Waals surface area contributed by atoms with Crippen LogP contribution in [-0.2, 0) is 15.6 Å². The summed E-state index contributed by atoms with van der Waals surface area (Å²) in [6.45, 7) is 4.70. The Morgan fingerprint density at radius 2 is 0.750 bits per heavy atom. The molecular weight excluding hydrogens is 1130 g/mol. The molecule has 0 spiro atoms. The zero-order valence-electron chi connectivity index (χ0n) is 39.3. The minimum absolute atomic E-state index is 0.000870. The zero-order valence-corrected chi connectivity index (χ0v) is 50.9. The third-order valence-electron chi connectivity index (χ3n) is 15.1. The number of benzene rings is 6. The van der Waals surface area contributed by atoms with E-state index in [9.17, 15) is 17.0 Å². The Hall–Kier alpha value is -0.826. The van der Waals surface area contributed by atoms with Crippen molar-refractivity contribution in [3.63, 3.8) is 0 Å². The van der Waals surface area contributed by atoms with Gasteiger partial charge < -0.3 is 0 Å². The van der Waals surface area contributed by atoms with Crippen molar-refractivity contribution in [3.05, 3.63) is 155 Å². The zero-order chi connectivity index (χ0) is 48.1. The summed E-state index contributed by atoms with van der Waals surface area (Å²) < 4.78 is -0.00174. The number of hydrogen-bond donors (Lipinski definition) is 0. The van der Waals surface area contributed by atoms with Crippen LogP contribution in [0.2, 0.25) is 24.2 Å². The van der Waals surface area contributed by atoms with Crippen molar-refractivity contribution in [2.75, 3.05) is 0 Å². The van der Waals surface area contributed by atoms with E-state index in [0.717, 1.165) is 75.5 Å². The predicted molar refractivity (Wildman–Crippen MR) is 312 cm³/mol. The molecule has 2 aliphatic carbocycles. The average Bonchev–Trinajstić information content (AvgIpc) is 3.85. The van der Waals surface area contributed by atoms with E-state index in [4.69, 9.17) is 66.5 Å². The summed E-state index contributed by atoms with van der Waals surface area (Å²) in [6, 6.07) is 43.4. The molecular formula is C56H63Cl8Si3Zr. The molecule has 0 radical (unpaired) electrons. The molecule has 0 fully saturated rings. The van der Waals surface area contributed by atoms with Crippen LogP contribution >= 0.6 is 83.5 Å². The van der Waals surface area contributed by atoms with Gasteiger partial charge in [-0.3, -0.25) is 0 Å². The second-order valence-corrected chi connectivity index (χ2v) is 78.6. The summed E-state index contributed by atoms with van der Waals surface area (Å²) in [6.07, 6.45) is 18.4. The van der Waals surface area contributed by atoms with Crippen LogP contribution in [0.3, 0.4) is 0 Å². The van der Waals surface area contributed by atoms with E-state index in [1.54, 1.807) is 0 Å². The van der Waals surface area contributed by atoms with Crippen LogP contribution in [0.4, 0.5) is 0 Å². The summed E-state index contributed by atoms with van der Waals surface area (Å²) in [7, 11) is 18.7. The van der Waals surface area contributed by atoms with Gasteiger partial charge >= 0.3 is 450 Å². The average molecular weight is 1200 g/mol. The van der Waals surface area contributed by atoms with E-state index >= 15 is 0 Å². The first kappa shape index (κ1) is 53.5. The number of fused-ring (bicyclic) bond motifs is 4. The Bertz CT molecular complexity index is 2600. The van der Waals surface area contributed by atoms with Gasteiger partial charge in [0.15, 0.2) is 0 Å². The fourth-order valence-electron chi connectivity index (χ4n) is 12.1. The van der Waals surface area contributed by atoms with Gasteiger partial charge in [-0.2, -0.15) is 0 Å². The Balaban J connectivity index is 1.21. The van der Waals surface area contributed by atoms with Gasteiger partial charge in [-0.15, -0.1) is 0 Å². The van der Waals surface area contributed by atoms with Crippen LogP contribution < -0.4 is 0 Å². The summed E-state index contributed by atoms with van der Waals surface area (Å²) in [5, 5.41) is 5.02. The molecule has 0 nitrogen and oxygen atoms in total. The Labute approximate surface area is 445 Å². The fraction of sp³-hybridized carbons (Fsp3) is 0.357. The van der Waals surface area contributed by atoms with Crippen LogP contribution in [0.25, 0.3) is 56.0 Å². The molecule has 2 atom stereocenters. The first-order valence-corrected chi connectivity index (χ1v) is 51.0. The molecule has 359 valence electrons. The van der Waals surface area contributed by atoms with Gasteiger partial charge in [0, 0.05) is 0 Å². The van der Waals surface area contributed by atoms with Crippen molar-refractivity contribution < 1.29 is 15.6 Å². The van der Waals surface area contributed by atoms with Gasteiger partial charge in [-0.05, 0) is 0 Å². The van der Waals surface area contributed by atoms with E-state index in [1.807, 2.05) is 0 Å². The van der Waals surface area contributed by atoms with E-state index in [1.165, 1.54) is 103 Å². The van der Waals surface area contributed by atoms with Crippen LogP contribution in [-0.4, -0.2) is 17.9 Å². The molecule has 0 aliphatic heterocycles. The molecule has 0 amide bonds.